The number of hydrogen-bond donors (Lipinski definition) is 4. The second kappa shape index (κ2) is 10.8. The van der Waals surface area contributed by atoms with Gasteiger partial charge in [-0.2, -0.15) is 0 Å². The van der Waals surface area contributed by atoms with Gasteiger partial charge in [-0.15, -0.1) is 0 Å². The number of carbonyl (C=O) groups excluding carboxylic acids is 4. The first-order chi connectivity index (χ1) is 16.1. The number of amides is 4. The number of nitrogens with one attached hydrogen (secondary N) is 4. The molecule has 1 fully saturated rings. The van der Waals surface area contributed by atoms with E-state index in [2.05, 4.69) is 21.0 Å². The Hall–Kier alpha value is -3.21. The quantitative estimate of drug-likeness (QED) is 0.329. The molecular formula is C22H26ClF2N5O4. The second-order valence-electron chi connectivity index (χ2n) is 8.54. The second-order valence-corrected chi connectivity index (χ2v) is 8.93. The summed E-state index contributed by atoms with van der Waals surface area (Å²) >= 11 is 5.29. The van der Waals surface area contributed by atoms with Crippen molar-refractivity contribution in [2.24, 2.45) is 11.8 Å². The van der Waals surface area contributed by atoms with Gasteiger partial charge in [0.05, 0.1) is 12.5 Å². The molecule has 0 aliphatic carbocycles. The molecule has 34 heavy (non-hydrogen) atoms. The van der Waals surface area contributed by atoms with Crippen LogP contribution in [0.4, 0.5) is 8.78 Å². The lowest BCUT2D eigenvalue weighted by Crippen LogP contribution is -2.57. The number of hydrogen-bond acceptors (Lipinski definition) is 4. The average Bonchev–Trinajstić information content (AvgIpc) is 3.39. The van der Waals surface area contributed by atoms with Gasteiger partial charge in [0.2, 0.25) is 5.91 Å². The molecule has 4 amide bonds. The summed E-state index contributed by atoms with van der Waals surface area (Å²) in [6.07, 6.45) is 0.596. The number of benzene rings is 1. The Morgan fingerprint density at radius 3 is 2.62 bits per heavy atom. The largest absolute Gasteiger partial charge is 0.356 e. The van der Waals surface area contributed by atoms with Gasteiger partial charge in [0.15, 0.2) is 0 Å². The molecule has 9 nitrogen and oxygen atoms in total. The SMILES string of the molecule is CC(C)C[C@H](NC(=O)c1cc2c(F)cccc2[nH]1)C(=O)NN(C[C@H]1CCNC1=O)C(=O)[C@@H](F)Cl. The highest BCUT2D eigenvalue weighted by atomic mass is 35.5. The van der Waals surface area contributed by atoms with Crippen LogP contribution in [0.1, 0.15) is 37.2 Å². The van der Waals surface area contributed by atoms with Gasteiger partial charge in [0, 0.05) is 17.4 Å². The van der Waals surface area contributed by atoms with Crippen molar-refractivity contribution in [3.05, 3.63) is 35.8 Å². The van der Waals surface area contributed by atoms with Crippen molar-refractivity contribution in [1.29, 1.82) is 0 Å². The van der Waals surface area contributed by atoms with E-state index in [-0.39, 0.29) is 35.9 Å². The fourth-order valence-electron chi connectivity index (χ4n) is 3.74. The fraction of sp³-hybridized carbons (Fsp3) is 0.455. The van der Waals surface area contributed by atoms with Crippen molar-refractivity contribution >= 4 is 46.1 Å². The van der Waals surface area contributed by atoms with Gasteiger partial charge in [0.1, 0.15) is 17.6 Å². The molecule has 1 aromatic heterocycles. The zero-order valence-electron chi connectivity index (χ0n) is 18.7. The van der Waals surface area contributed by atoms with Crippen molar-refractivity contribution in [1.82, 2.24) is 26.1 Å². The van der Waals surface area contributed by atoms with Crippen LogP contribution in [0.3, 0.4) is 0 Å². The summed E-state index contributed by atoms with van der Waals surface area (Å²) in [6, 6.07) is 4.59. The molecule has 0 saturated carbocycles. The molecule has 3 rings (SSSR count). The summed E-state index contributed by atoms with van der Waals surface area (Å²) in [5.41, 5.74) is 0.330. The van der Waals surface area contributed by atoms with Crippen molar-refractivity contribution in [3.63, 3.8) is 0 Å². The predicted octanol–water partition coefficient (Wildman–Crippen LogP) is 1.98. The van der Waals surface area contributed by atoms with E-state index in [4.69, 9.17) is 11.6 Å². The third kappa shape index (κ3) is 6.02. The molecule has 12 heteroatoms. The van der Waals surface area contributed by atoms with Crippen LogP contribution >= 0.6 is 11.6 Å². The predicted molar refractivity (Wildman–Crippen MR) is 121 cm³/mol. The average molecular weight is 498 g/mol. The van der Waals surface area contributed by atoms with E-state index < -0.39 is 41.1 Å². The van der Waals surface area contributed by atoms with Crippen molar-refractivity contribution in [3.8, 4) is 0 Å². The molecular weight excluding hydrogens is 472 g/mol. The van der Waals surface area contributed by atoms with Gasteiger partial charge < -0.3 is 15.6 Å². The fourth-order valence-corrected chi connectivity index (χ4v) is 3.86. The molecule has 0 unspecified atom stereocenters. The maximum atomic E-state index is 14.0. The molecule has 184 valence electrons. The van der Waals surface area contributed by atoms with E-state index in [9.17, 15) is 28.0 Å². The van der Waals surface area contributed by atoms with Crippen LogP contribution in [0, 0.1) is 17.7 Å². The van der Waals surface area contributed by atoms with Crippen LogP contribution in [-0.2, 0) is 14.4 Å². The molecule has 2 heterocycles. The first-order valence-corrected chi connectivity index (χ1v) is 11.3. The summed E-state index contributed by atoms with van der Waals surface area (Å²) in [5, 5.41) is 6.07. The first kappa shape index (κ1) is 25.4. The Morgan fingerprint density at radius 1 is 1.29 bits per heavy atom. The number of hydrazine groups is 1. The zero-order valence-corrected chi connectivity index (χ0v) is 19.4. The highest BCUT2D eigenvalue weighted by Crippen LogP contribution is 2.19. The Balaban J connectivity index is 1.76. The highest BCUT2D eigenvalue weighted by molar-refractivity contribution is 6.29. The number of rotatable bonds is 8. The number of aromatic amines is 1. The number of aromatic nitrogens is 1. The lowest BCUT2D eigenvalue weighted by atomic mass is 10.0. The third-order valence-electron chi connectivity index (χ3n) is 5.45. The van der Waals surface area contributed by atoms with Gasteiger partial charge >= 0.3 is 0 Å². The summed E-state index contributed by atoms with van der Waals surface area (Å²) in [5.74, 6) is -4.18. The summed E-state index contributed by atoms with van der Waals surface area (Å²) in [4.78, 5) is 52.8. The zero-order chi connectivity index (χ0) is 25.0. The Kier molecular flexibility index (Phi) is 8.08. The summed E-state index contributed by atoms with van der Waals surface area (Å²) in [6.45, 7) is 3.78. The van der Waals surface area contributed by atoms with Crippen LogP contribution in [0.5, 0.6) is 0 Å². The third-order valence-corrected chi connectivity index (χ3v) is 5.63. The number of H-pyrrole nitrogens is 1. The Bertz CT molecular complexity index is 1090. The topological polar surface area (TPSA) is 123 Å². The van der Waals surface area contributed by atoms with Gasteiger partial charge in [-0.05, 0) is 37.0 Å². The van der Waals surface area contributed by atoms with Gasteiger partial charge in [-0.3, -0.25) is 24.6 Å². The minimum Gasteiger partial charge on any atom is -0.356 e. The Morgan fingerprint density at radius 2 is 2.03 bits per heavy atom. The Labute approximate surface area is 199 Å². The van der Waals surface area contributed by atoms with Crippen LogP contribution in [-0.4, -0.2) is 58.4 Å². The lowest BCUT2D eigenvalue weighted by molar-refractivity contribution is -0.145. The van der Waals surface area contributed by atoms with Crippen molar-refractivity contribution in [2.75, 3.05) is 13.1 Å². The first-order valence-electron chi connectivity index (χ1n) is 10.8. The van der Waals surface area contributed by atoms with Gasteiger partial charge in [-0.25, -0.2) is 13.8 Å². The monoisotopic (exact) mass is 497 g/mol. The summed E-state index contributed by atoms with van der Waals surface area (Å²) < 4.78 is 27.5. The number of fused-ring (bicyclic) bond motifs is 1. The molecule has 3 atom stereocenters. The molecule has 0 radical (unpaired) electrons. The highest BCUT2D eigenvalue weighted by Gasteiger charge is 2.33. The van der Waals surface area contributed by atoms with E-state index >= 15 is 0 Å². The molecule has 0 spiro atoms. The molecule has 1 saturated heterocycles. The number of nitrogens with zero attached hydrogens (tertiary/aromatic N) is 1. The van der Waals surface area contributed by atoms with Crippen LogP contribution in [0.2, 0.25) is 0 Å². The van der Waals surface area contributed by atoms with E-state index in [1.807, 2.05) is 13.8 Å². The minimum atomic E-state index is -2.43. The van der Waals surface area contributed by atoms with E-state index in [1.165, 1.54) is 18.2 Å². The smallest absolute Gasteiger partial charge is 0.291 e. The van der Waals surface area contributed by atoms with Crippen LogP contribution in [0.15, 0.2) is 24.3 Å². The standard InChI is InChI=1S/C22H26ClF2N5O4/c1-11(2)8-16(28-20(32)17-9-13-14(24)4-3-5-15(13)27-17)21(33)29-30(22(34)18(23)25)10-12-6-7-26-19(12)31/h3-5,9,11-12,16,18,27H,6-8,10H2,1-2H3,(H,26,31)(H,28,32)(H,29,33)/t12-,16+,18-/m1/s1. The maximum Gasteiger partial charge on any atom is 0.291 e. The molecule has 1 aromatic carbocycles. The molecule has 0 bridgehead atoms. The van der Waals surface area contributed by atoms with E-state index in [0.717, 1.165) is 0 Å². The molecule has 1 aliphatic heterocycles. The maximum absolute atomic E-state index is 14.0. The minimum absolute atomic E-state index is 0.0390. The van der Waals surface area contributed by atoms with Crippen LogP contribution < -0.4 is 16.1 Å². The molecule has 1 aliphatic rings. The number of carbonyl (C=O) groups is 4. The van der Waals surface area contributed by atoms with Gasteiger partial charge in [-0.1, -0.05) is 31.5 Å². The van der Waals surface area contributed by atoms with Crippen molar-refractivity contribution < 1.29 is 28.0 Å². The normalized spacial score (nSPS) is 17.4. The van der Waals surface area contributed by atoms with E-state index in [1.54, 1.807) is 6.07 Å². The molecule has 4 N–H and O–H groups in total. The summed E-state index contributed by atoms with van der Waals surface area (Å²) in [7, 11) is 0. The molecule has 2 aromatic rings. The van der Waals surface area contributed by atoms with Crippen LogP contribution in [0.25, 0.3) is 10.9 Å². The number of halogens is 3. The van der Waals surface area contributed by atoms with Crippen molar-refractivity contribution in [2.45, 2.75) is 38.4 Å². The lowest BCUT2D eigenvalue weighted by Gasteiger charge is -2.28. The van der Waals surface area contributed by atoms with E-state index in [0.29, 0.717) is 23.5 Å². The number of alkyl halides is 2. The van der Waals surface area contributed by atoms with Gasteiger partial charge in [0.25, 0.3) is 23.4 Å².